The van der Waals surface area contributed by atoms with Crippen LogP contribution in [-0.2, 0) is 0 Å². The Morgan fingerprint density at radius 1 is 1.29 bits per heavy atom. The first-order valence-corrected chi connectivity index (χ1v) is 6.12. The van der Waals surface area contributed by atoms with Gasteiger partial charge >= 0.3 is 5.97 Å². The molecule has 7 nitrogen and oxygen atoms in total. The molecule has 0 aliphatic carbocycles. The summed E-state index contributed by atoms with van der Waals surface area (Å²) >= 11 is 0. The molecular formula is C14H11N3O4. The molecule has 7 heteroatoms. The number of hydrogen-bond acceptors (Lipinski definition) is 4. The minimum Gasteiger partial charge on any atom is -0.493 e. The zero-order chi connectivity index (χ0) is 15.1. The second-order valence-corrected chi connectivity index (χ2v) is 4.64. The number of nitrogens with zero attached hydrogens (tertiary/aromatic N) is 2. The Labute approximate surface area is 118 Å². The third-order valence-electron chi connectivity index (χ3n) is 3.22. The summed E-state index contributed by atoms with van der Waals surface area (Å²) in [7, 11) is 0. The van der Waals surface area contributed by atoms with Crippen LogP contribution in [0.15, 0.2) is 35.3 Å². The second kappa shape index (κ2) is 4.48. The van der Waals surface area contributed by atoms with Gasteiger partial charge in [-0.15, -0.1) is 0 Å². The number of aromatic nitrogens is 3. The van der Waals surface area contributed by atoms with E-state index in [0.29, 0.717) is 5.56 Å². The Kier molecular flexibility index (Phi) is 2.76. The first-order valence-electron chi connectivity index (χ1n) is 6.12. The number of aryl methyl sites for hydroxylation is 1. The number of carboxylic acid groups (broad SMARTS) is 1. The highest BCUT2D eigenvalue weighted by Gasteiger charge is 2.19. The summed E-state index contributed by atoms with van der Waals surface area (Å²) in [6.45, 7) is 1.91. The Balaban J connectivity index is 2.33. The number of carbonyl (C=O) groups is 1. The van der Waals surface area contributed by atoms with Gasteiger partial charge in [-0.3, -0.25) is 4.79 Å². The smallest absolute Gasteiger partial charge is 0.341 e. The van der Waals surface area contributed by atoms with Crippen molar-refractivity contribution in [3.8, 4) is 17.0 Å². The van der Waals surface area contributed by atoms with Crippen LogP contribution in [0.5, 0.6) is 5.88 Å². The van der Waals surface area contributed by atoms with Gasteiger partial charge in [0.2, 0.25) is 5.88 Å². The number of aromatic hydroxyl groups is 1. The standard InChI is InChI=1S/C14H11N3O4/c1-7-2-4-8(5-3-7)10-12(18)16-11-9(14(20)21)6-15-17(11)13(10)19/h2-6,19H,1H3,(H,16,18)(H,20,21). The van der Waals surface area contributed by atoms with Crippen LogP contribution >= 0.6 is 0 Å². The van der Waals surface area contributed by atoms with Gasteiger partial charge in [0.15, 0.2) is 5.65 Å². The van der Waals surface area contributed by atoms with Crippen LogP contribution in [0.25, 0.3) is 16.8 Å². The molecule has 0 aliphatic rings. The average Bonchev–Trinajstić information content (AvgIpc) is 2.85. The number of aromatic carboxylic acids is 1. The maximum Gasteiger partial charge on any atom is 0.341 e. The van der Waals surface area contributed by atoms with Gasteiger partial charge in [0.25, 0.3) is 5.56 Å². The van der Waals surface area contributed by atoms with E-state index in [2.05, 4.69) is 10.1 Å². The van der Waals surface area contributed by atoms with E-state index in [0.717, 1.165) is 16.3 Å². The molecule has 0 bridgehead atoms. The molecule has 0 spiro atoms. The molecular weight excluding hydrogens is 274 g/mol. The van der Waals surface area contributed by atoms with Crippen molar-refractivity contribution in [3.63, 3.8) is 0 Å². The van der Waals surface area contributed by atoms with Crippen molar-refractivity contribution in [1.82, 2.24) is 14.6 Å². The van der Waals surface area contributed by atoms with Crippen LogP contribution in [0, 0.1) is 6.92 Å². The Morgan fingerprint density at radius 2 is 1.95 bits per heavy atom. The first-order chi connectivity index (χ1) is 9.99. The Bertz CT molecular complexity index is 906. The largest absolute Gasteiger partial charge is 0.493 e. The lowest BCUT2D eigenvalue weighted by molar-refractivity contribution is 0.0699. The molecule has 0 radical (unpaired) electrons. The van der Waals surface area contributed by atoms with Gasteiger partial charge < -0.3 is 15.2 Å². The molecule has 0 aliphatic heterocycles. The normalized spacial score (nSPS) is 10.9. The molecule has 0 saturated heterocycles. The molecule has 2 aromatic heterocycles. The number of aromatic amines is 1. The summed E-state index contributed by atoms with van der Waals surface area (Å²) in [6.07, 6.45) is 1.08. The number of rotatable bonds is 2. The lowest BCUT2D eigenvalue weighted by Crippen LogP contribution is -2.13. The number of fused-ring (bicyclic) bond motifs is 1. The number of H-pyrrole nitrogens is 1. The summed E-state index contributed by atoms with van der Waals surface area (Å²) in [5.41, 5.74) is 0.768. The van der Waals surface area contributed by atoms with E-state index < -0.39 is 17.4 Å². The molecule has 106 valence electrons. The molecule has 1 aromatic carbocycles. The van der Waals surface area contributed by atoms with Gasteiger partial charge in [-0.2, -0.15) is 9.61 Å². The Morgan fingerprint density at radius 3 is 2.57 bits per heavy atom. The lowest BCUT2D eigenvalue weighted by Gasteiger charge is -2.06. The van der Waals surface area contributed by atoms with Crippen molar-refractivity contribution in [3.05, 3.63) is 51.9 Å². The van der Waals surface area contributed by atoms with E-state index in [1.54, 1.807) is 12.1 Å². The topological polar surface area (TPSA) is 108 Å². The van der Waals surface area contributed by atoms with E-state index in [1.807, 2.05) is 19.1 Å². The van der Waals surface area contributed by atoms with Crippen LogP contribution in [0.2, 0.25) is 0 Å². The molecule has 2 heterocycles. The van der Waals surface area contributed by atoms with Gasteiger partial charge in [-0.1, -0.05) is 29.8 Å². The highest BCUT2D eigenvalue weighted by Crippen LogP contribution is 2.26. The maximum absolute atomic E-state index is 12.2. The highest BCUT2D eigenvalue weighted by molar-refractivity contribution is 5.94. The molecule has 0 saturated carbocycles. The van der Waals surface area contributed by atoms with Crippen LogP contribution in [0.4, 0.5) is 0 Å². The van der Waals surface area contributed by atoms with Crippen molar-refractivity contribution in [2.24, 2.45) is 0 Å². The second-order valence-electron chi connectivity index (χ2n) is 4.64. The van der Waals surface area contributed by atoms with Gasteiger partial charge in [0.05, 0.1) is 6.20 Å². The summed E-state index contributed by atoms with van der Waals surface area (Å²) in [5, 5.41) is 23.0. The average molecular weight is 285 g/mol. The molecule has 0 unspecified atom stereocenters. The van der Waals surface area contributed by atoms with Crippen molar-refractivity contribution in [2.45, 2.75) is 6.92 Å². The van der Waals surface area contributed by atoms with Gasteiger partial charge in [-0.05, 0) is 12.5 Å². The molecule has 0 atom stereocenters. The fourth-order valence-electron chi connectivity index (χ4n) is 2.14. The van der Waals surface area contributed by atoms with Crippen LogP contribution in [-0.4, -0.2) is 30.8 Å². The molecule has 3 rings (SSSR count). The predicted octanol–water partition coefficient (Wildman–Crippen LogP) is 1.40. The maximum atomic E-state index is 12.2. The third-order valence-corrected chi connectivity index (χ3v) is 3.22. The van der Waals surface area contributed by atoms with E-state index in [9.17, 15) is 14.7 Å². The monoisotopic (exact) mass is 285 g/mol. The fraction of sp³-hybridized carbons (Fsp3) is 0.0714. The Hall–Kier alpha value is -3.09. The van der Waals surface area contributed by atoms with Crippen molar-refractivity contribution in [1.29, 1.82) is 0 Å². The minimum atomic E-state index is -1.23. The van der Waals surface area contributed by atoms with Crippen molar-refractivity contribution >= 4 is 11.6 Å². The predicted molar refractivity (Wildman–Crippen MR) is 74.6 cm³/mol. The van der Waals surface area contributed by atoms with Gasteiger partial charge in [-0.25, -0.2) is 4.79 Å². The van der Waals surface area contributed by atoms with Gasteiger partial charge in [0.1, 0.15) is 11.1 Å². The first kappa shape index (κ1) is 12.9. The summed E-state index contributed by atoms with van der Waals surface area (Å²) in [6, 6.07) is 7.02. The van der Waals surface area contributed by atoms with Crippen LogP contribution < -0.4 is 5.56 Å². The van der Waals surface area contributed by atoms with Crippen molar-refractivity contribution < 1.29 is 15.0 Å². The zero-order valence-corrected chi connectivity index (χ0v) is 11.0. The molecule has 21 heavy (non-hydrogen) atoms. The zero-order valence-electron chi connectivity index (χ0n) is 11.0. The SMILES string of the molecule is Cc1ccc(-c2c(O)n3ncc(C(=O)O)c3[nH]c2=O)cc1. The molecule has 3 N–H and O–H groups in total. The lowest BCUT2D eigenvalue weighted by atomic mass is 10.1. The highest BCUT2D eigenvalue weighted by atomic mass is 16.4. The molecule has 3 aromatic rings. The summed E-state index contributed by atoms with van der Waals surface area (Å²) in [4.78, 5) is 25.6. The number of benzene rings is 1. The molecule has 0 fully saturated rings. The third kappa shape index (κ3) is 1.95. The number of hydrogen-bond donors (Lipinski definition) is 3. The fourth-order valence-corrected chi connectivity index (χ4v) is 2.14. The van der Waals surface area contributed by atoms with E-state index >= 15 is 0 Å². The number of carboxylic acids is 1. The minimum absolute atomic E-state index is 0.0440. The quantitative estimate of drug-likeness (QED) is 0.659. The van der Waals surface area contributed by atoms with Gasteiger partial charge in [0, 0.05) is 0 Å². The summed E-state index contributed by atoms with van der Waals surface area (Å²) in [5.74, 6) is -1.63. The van der Waals surface area contributed by atoms with E-state index in [-0.39, 0.29) is 16.8 Å². The van der Waals surface area contributed by atoms with E-state index in [1.165, 1.54) is 0 Å². The van der Waals surface area contributed by atoms with Crippen molar-refractivity contribution in [2.75, 3.05) is 0 Å². The van der Waals surface area contributed by atoms with E-state index in [4.69, 9.17) is 5.11 Å². The van der Waals surface area contributed by atoms with Crippen LogP contribution in [0.1, 0.15) is 15.9 Å². The number of nitrogens with one attached hydrogen (secondary N) is 1. The molecule has 0 amide bonds. The van der Waals surface area contributed by atoms with Crippen LogP contribution in [0.3, 0.4) is 0 Å². The summed E-state index contributed by atoms with van der Waals surface area (Å²) < 4.78 is 1.00.